The van der Waals surface area contributed by atoms with Crippen LogP contribution in [-0.2, 0) is 0 Å². The van der Waals surface area contributed by atoms with E-state index in [0.29, 0.717) is 0 Å². The normalized spacial score (nSPS) is 11.7. The highest BCUT2D eigenvalue weighted by molar-refractivity contribution is 5.86. The van der Waals surface area contributed by atoms with Crippen LogP contribution in [0.5, 0.6) is 0 Å². The third-order valence-corrected chi connectivity index (χ3v) is 7.51. The van der Waals surface area contributed by atoms with E-state index in [4.69, 9.17) is 20.2 Å². The van der Waals surface area contributed by atoms with Crippen LogP contribution in [0.1, 0.15) is 76.6 Å². The quantitative estimate of drug-likeness (QED) is 0.0656. The van der Waals surface area contributed by atoms with Crippen molar-refractivity contribution in [3.63, 3.8) is 0 Å². The number of hydrazone groups is 2. The van der Waals surface area contributed by atoms with Crippen LogP contribution in [0.25, 0.3) is 21.8 Å². The van der Waals surface area contributed by atoms with Crippen LogP contribution in [0.3, 0.4) is 0 Å². The Balaban J connectivity index is 1.40. The Morgan fingerprint density at radius 2 is 1.05 bits per heavy atom. The number of aromatic nitrogens is 4. The van der Waals surface area contributed by atoms with E-state index in [2.05, 4.69) is 48.1 Å². The van der Waals surface area contributed by atoms with E-state index in [1.165, 1.54) is 25.7 Å². The van der Waals surface area contributed by atoms with Crippen molar-refractivity contribution >= 4 is 45.9 Å². The van der Waals surface area contributed by atoms with Gasteiger partial charge in [-0.05, 0) is 37.1 Å². The van der Waals surface area contributed by atoms with Crippen LogP contribution in [0, 0.1) is 0 Å². The Bertz CT molecular complexity index is 1560. The Morgan fingerprint density at radius 1 is 0.568 bits per heavy atom. The smallest absolute Gasteiger partial charge is 0.154 e. The summed E-state index contributed by atoms with van der Waals surface area (Å²) in [6.45, 7) is 5.95. The predicted molar refractivity (Wildman–Crippen MR) is 184 cm³/mol. The number of unbranched alkanes of at least 4 members (excludes halogenated alkanes) is 6. The average molecular weight is 587 g/mol. The summed E-state index contributed by atoms with van der Waals surface area (Å²) >= 11 is 0. The van der Waals surface area contributed by atoms with E-state index in [1.54, 1.807) is 6.33 Å². The summed E-state index contributed by atoms with van der Waals surface area (Å²) in [5, 5.41) is 15.9. The van der Waals surface area contributed by atoms with Crippen LogP contribution in [0.15, 0.2) is 95.4 Å². The van der Waals surface area contributed by atoms with Crippen LogP contribution in [0.4, 0.5) is 11.6 Å². The summed E-state index contributed by atoms with van der Waals surface area (Å²) in [5.74, 6) is 1.47. The maximum absolute atomic E-state index is 4.87. The van der Waals surface area contributed by atoms with Gasteiger partial charge in [0.1, 0.15) is 6.33 Å². The summed E-state index contributed by atoms with van der Waals surface area (Å²) in [4.78, 5) is 18.8. The largest absolute Gasteiger partial charge is 0.248 e. The number of pyridine rings is 2. The predicted octanol–water partition coefficient (Wildman–Crippen LogP) is 8.41. The summed E-state index contributed by atoms with van der Waals surface area (Å²) in [7, 11) is 0. The number of para-hydroxylation sites is 2. The standard InChI is InChI=1S/C36H42N8/c1-3-5-7-13-23-43(39-26-31-21-19-29-15-9-11-17-33(29)41-31)35-25-36(38-28-37-35)44(24-14-8-6-4-2)40-27-32-22-20-30-16-10-12-18-34(30)42-32/h9-12,15-22,25-28H,3-8,13-14,23-24H2,1-2H3/b39-26+,40-27+. The van der Waals surface area contributed by atoms with Crippen LogP contribution in [-0.4, -0.2) is 45.5 Å². The Hall–Kier alpha value is -4.72. The lowest BCUT2D eigenvalue weighted by Crippen LogP contribution is -2.23. The number of nitrogens with zero attached hydrogens (tertiary/aromatic N) is 8. The Morgan fingerprint density at radius 3 is 1.52 bits per heavy atom. The van der Waals surface area contributed by atoms with Crippen LogP contribution < -0.4 is 10.0 Å². The van der Waals surface area contributed by atoms with Crippen molar-refractivity contribution in [2.24, 2.45) is 10.2 Å². The summed E-state index contributed by atoms with van der Waals surface area (Å²) in [6.07, 6.45) is 14.3. The molecule has 0 atom stereocenters. The van der Waals surface area contributed by atoms with Crippen molar-refractivity contribution in [1.29, 1.82) is 0 Å². The second-order valence-electron chi connectivity index (χ2n) is 10.9. The lowest BCUT2D eigenvalue weighted by Gasteiger charge is -2.21. The first-order valence-electron chi connectivity index (χ1n) is 15.9. The van der Waals surface area contributed by atoms with Gasteiger partial charge in [0.2, 0.25) is 0 Å². The van der Waals surface area contributed by atoms with Crippen molar-refractivity contribution in [2.45, 2.75) is 65.2 Å². The first-order chi connectivity index (χ1) is 21.7. The van der Waals surface area contributed by atoms with Crippen LogP contribution >= 0.6 is 0 Å². The summed E-state index contributed by atoms with van der Waals surface area (Å²) in [6, 6.07) is 26.4. The molecule has 3 aromatic heterocycles. The molecule has 0 fully saturated rings. The molecule has 44 heavy (non-hydrogen) atoms. The molecular weight excluding hydrogens is 544 g/mol. The zero-order chi connectivity index (χ0) is 30.4. The van der Waals surface area contributed by atoms with E-state index >= 15 is 0 Å². The molecule has 2 aromatic carbocycles. The molecule has 8 heteroatoms. The second kappa shape index (κ2) is 16.2. The number of benzene rings is 2. The van der Waals surface area contributed by atoms with E-state index in [0.717, 1.165) is 83.6 Å². The van der Waals surface area contributed by atoms with Crippen LogP contribution in [0.2, 0.25) is 0 Å². The van der Waals surface area contributed by atoms with Gasteiger partial charge in [0.05, 0.1) is 34.9 Å². The summed E-state index contributed by atoms with van der Waals surface area (Å²) < 4.78 is 0. The van der Waals surface area contributed by atoms with Gasteiger partial charge in [-0.15, -0.1) is 0 Å². The van der Waals surface area contributed by atoms with Crippen molar-refractivity contribution < 1.29 is 0 Å². The molecule has 8 nitrogen and oxygen atoms in total. The van der Waals surface area contributed by atoms with Gasteiger partial charge in [0.25, 0.3) is 0 Å². The molecule has 0 saturated heterocycles. The average Bonchev–Trinajstić information content (AvgIpc) is 3.07. The first-order valence-corrected chi connectivity index (χ1v) is 15.9. The molecule has 0 unspecified atom stereocenters. The molecule has 0 spiro atoms. The molecule has 0 bridgehead atoms. The number of hydrogen-bond acceptors (Lipinski definition) is 8. The van der Waals surface area contributed by atoms with Gasteiger partial charge >= 0.3 is 0 Å². The fraction of sp³-hybridized carbons (Fsp3) is 0.333. The van der Waals surface area contributed by atoms with Gasteiger partial charge in [0, 0.05) is 29.9 Å². The van der Waals surface area contributed by atoms with Crippen molar-refractivity contribution in [2.75, 3.05) is 23.1 Å². The monoisotopic (exact) mass is 586 g/mol. The molecule has 0 aliphatic heterocycles. The third-order valence-electron chi connectivity index (χ3n) is 7.51. The molecule has 5 rings (SSSR count). The summed E-state index contributed by atoms with van der Waals surface area (Å²) in [5.41, 5.74) is 3.52. The molecule has 5 aromatic rings. The zero-order valence-electron chi connectivity index (χ0n) is 25.9. The minimum absolute atomic E-state index is 0.737. The lowest BCUT2D eigenvalue weighted by molar-refractivity contribution is 0.644. The van der Waals surface area contributed by atoms with Crippen molar-refractivity contribution in [1.82, 2.24) is 19.9 Å². The molecule has 0 amide bonds. The molecule has 3 heterocycles. The van der Waals surface area contributed by atoms with Crippen molar-refractivity contribution in [3.05, 3.63) is 96.6 Å². The molecule has 0 radical (unpaired) electrons. The van der Waals surface area contributed by atoms with Gasteiger partial charge in [-0.2, -0.15) is 10.2 Å². The number of fused-ring (bicyclic) bond motifs is 2. The highest BCUT2D eigenvalue weighted by Gasteiger charge is 2.13. The zero-order valence-corrected chi connectivity index (χ0v) is 25.9. The highest BCUT2D eigenvalue weighted by atomic mass is 15.5. The molecule has 0 N–H and O–H groups in total. The molecule has 0 saturated carbocycles. The van der Waals surface area contributed by atoms with Gasteiger partial charge in [0.15, 0.2) is 11.6 Å². The van der Waals surface area contributed by atoms with Gasteiger partial charge < -0.3 is 0 Å². The van der Waals surface area contributed by atoms with Gasteiger partial charge in [-0.1, -0.05) is 101 Å². The third kappa shape index (κ3) is 8.66. The maximum Gasteiger partial charge on any atom is 0.154 e. The molecule has 0 aliphatic carbocycles. The fourth-order valence-electron chi connectivity index (χ4n) is 5.02. The van der Waals surface area contributed by atoms with E-state index < -0.39 is 0 Å². The first kappa shape index (κ1) is 30.7. The second-order valence-corrected chi connectivity index (χ2v) is 10.9. The van der Waals surface area contributed by atoms with Gasteiger partial charge in [-0.3, -0.25) is 0 Å². The lowest BCUT2D eigenvalue weighted by atomic mass is 10.2. The van der Waals surface area contributed by atoms with Crippen molar-refractivity contribution in [3.8, 4) is 0 Å². The van der Waals surface area contributed by atoms with E-state index in [-0.39, 0.29) is 0 Å². The van der Waals surface area contributed by atoms with E-state index in [9.17, 15) is 0 Å². The highest BCUT2D eigenvalue weighted by Crippen LogP contribution is 2.21. The number of rotatable bonds is 16. The number of anilines is 2. The molecular formula is C36H42N8. The maximum atomic E-state index is 4.87. The minimum Gasteiger partial charge on any atom is -0.248 e. The fourth-order valence-corrected chi connectivity index (χ4v) is 5.02. The topological polar surface area (TPSA) is 82.8 Å². The van der Waals surface area contributed by atoms with E-state index in [1.807, 2.05) is 77.0 Å². The SMILES string of the molecule is CCCCCCN(/N=C/c1ccc2ccccc2n1)c1cc(N(CCCCCC)/N=C/c2ccc3ccccc3n2)ncn1. The van der Waals surface area contributed by atoms with Gasteiger partial charge in [-0.25, -0.2) is 30.0 Å². The number of hydrogen-bond donors (Lipinski definition) is 0. The molecule has 226 valence electrons. The molecule has 0 aliphatic rings. The Labute approximate surface area is 260 Å². The minimum atomic E-state index is 0.737. The Kier molecular flexibility index (Phi) is 11.3.